The van der Waals surface area contributed by atoms with Gasteiger partial charge in [-0.25, -0.2) is 8.42 Å². The number of carbonyl (C=O) groups excluding carboxylic acids is 2. The molecule has 0 aromatic heterocycles. The highest BCUT2D eigenvalue weighted by atomic mass is 32.2. The molecule has 0 bridgehead atoms. The van der Waals surface area contributed by atoms with Gasteiger partial charge in [0, 0.05) is 5.56 Å². The maximum atomic E-state index is 13.5. The molecule has 0 radical (unpaired) electrons. The van der Waals surface area contributed by atoms with Gasteiger partial charge in [-0.3, -0.25) is 19.3 Å². The number of nitrogen functional groups attached to an aromatic ring is 1. The van der Waals surface area contributed by atoms with Crippen molar-refractivity contribution >= 4 is 39.5 Å². The van der Waals surface area contributed by atoms with Crippen molar-refractivity contribution in [3.8, 4) is 5.75 Å². The van der Waals surface area contributed by atoms with Crippen LogP contribution in [0.4, 0.5) is 5.69 Å². The molecular weight excluding hydrogens is 522 g/mol. The van der Waals surface area contributed by atoms with E-state index in [9.17, 15) is 18.0 Å². The number of ether oxygens (including phenoxy) is 2. The molecule has 12 heteroatoms. The highest BCUT2D eigenvalue weighted by Gasteiger charge is 2.39. The first-order valence-electron chi connectivity index (χ1n) is 12.7. The summed E-state index contributed by atoms with van der Waals surface area (Å²) in [6.45, 7) is 3.22. The van der Waals surface area contributed by atoms with E-state index in [2.05, 4.69) is 5.32 Å². The van der Waals surface area contributed by atoms with Gasteiger partial charge in [0.15, 0.2) is 5.75 Å². The van der Waals surface area contributed by atoms with Crippen LogP contribution in [0.3, 0.4) is 0 Å². The molecule has 0 saturated carbocycles. The SMILES string of the molecule is CCOC(=O)CS(=O)(=O)N1c2cc(C(N)=O)c(OC3CCNCC3)cc2CC1/C=C/c1cccc(C(=N)N)c1. The van der Waals surface area contributed by atoms with Gasteiger partial charge in [0.1, 0.15) is 17.7 Å². The van der Waals surface area contributed by atoms with Gasteiger partial charge in [0.2, 0.25) is 10.0 Å². The topological polar surface area (TPSA) is 178 Å². The number of piperidine rings is 1. The molecule has 2 aliphatic heterocycles. The molecule has 2 heterocycles. The molecule has 2 aliphatic rings. The largest absolute Gasteiger partial charge is 0.489 e. The average molecular weight is 556 g/mol. The number of nitrogens with one attached hydrogen (secondary N) is 2. The fraction of sp³-hybridized carbons (Fsp3) is 0.370. The molecule has 11 nitrogen and oxygen atoms in total. The van der Waals surface area contributed by atoms with Crippen molar-refractivity contribution < 1.29 is 27.5 Å². The van der Waals surface area contributed by atoms with Gasteiger partial charge in [-0.15, -0.1) is 0 Å². The van der Waals surface area contributed by atoms with E-state index in [1.165, 1.54) is 6.07 Å². The smallest absolute Gasteiger partial charge is 0.323 e. The normalized spacial score (nSPS) is 17.7. The Labute approximate surface area is 227 Å². The number of anilines is 1. The highest BCUT2D eigenvalue weighted by molar-refractivity contribution is 7.93. The van der Waals surface area contributed by atoms with Crippen molar-refractivity contribution in [2.75, 3.05) is 29.8 Å². The number of esters is 1. The lowest BCUT2D eigenvalue weighted by atomic mass is 10.0. The number of amidine groups is 1. The summed E-state index contributed by atoms with van der Waals surface area (Å²) in [6.07, 6.45) is 5.15. The van der Waals surface area contributed by atoms with Crippen LogP contribution in [0.1, 0.15) is 46.8 Å². The molecule has 0 spiro atoms. The minimum absolute atomic E-state index is 0.0456. The van der Waals surface area contributed by atoms with Gasteiger partial charge >= 0.3 is 5.97 Å². The Kier molecular flexibility index (Phi) is 8.56. The van der Waals surface area contributed by atoms with Gasteiger partial charge in [-0.1, -0.05) is 30.4 Å². The van der Waals surface area contributed by atoms with Crippen molar-refractivity contribution in [3.05, 3.63) is 64.7 Å². The molecule has 208 valence electrons. The summed E-state index contributed by atoms with van der Waals surface area (Å²) in [7, 11) is -4.20. The zero-order valence-electron chi connectivity index (χ0n) is 21.7. The number of primary amides is 1. The van der Waals surface area contributed by atoms with E-state index in [1.807, 2.05) is 0 Å². The minimum atomic E-state index is -4.20. The lowest BCUT2D eigenvalue weighted by molar-refractivity contribution is -0.139. The second-order valence-corrected chi connectivity index (χ2v) is 11.3. The molecule has 39 heavy (non-hydrogen) atoms. The number of rotatable bonds is 10. The Morgan fingerprint density at radius 3 is 2.59 bits per heavy atom. The van der Waals surface area contributed by atoms with E-state index in [-0.39, 0.29) is 36.2 Å². The predicted molar refractivity (Wildman–Crippen MR) is 148 cm³/mol. The lowest BCUT2D eigenvalue weighted by Crippen LogP contribution is -2.40. The van der Waals surface area contributed by atoms with Gasteiger partial charge in [-0.05, 0) is 68.6 Å². The molecule has 1 amide bonds. The van der Waals surface area contributed by atoms with E-state index in [1.54, 1.807) is 49.4 Å². The van der Waals surface area contributed by atoms with Crippen molar-refractivity contribution in [1.82, 2.24) is 5.32 Å². The van der Waals surface area contributed by atoms with Crippen molar-refractivity contribution in [3.63, 3.8) is 0 Å². The molecule has 2 aromatic rings. The number of nitrogens with two attached hydrogens (primary N) is 2. The number of hydrogen-bond donors (Lipinski definition) is 4. The summed E-state index contributed by atoms with van der Waals surface area (Å²) < 4.78 is 39.2. The van der Waals surface area contributed by atoms with E-state index >= 15 is 0 Å². The molecule has 6 N–H and O–H groups in total. The Bertz CT molecular complexity index is 1400. The van der Waals surface area contributed by atoms with Gasteiger partial charge in [0.05, 0.1) is 23.9 Å². The van der Waals surface area contributed by atoms with Crippen molar-refractivity contribution in [1.29, 1.82) is 5.41 Å². The Balaban J connectivity index is 1.74. The number of fused-ring (bicyclic) bond motifs is 1. The monoisotopic (exact) mass is 555 g/mol. The van der Waals surface area contributed by atoms with Crippen LogP contribution in [-0.2, 0) is 26.0 Å². The van der Waals surface area contributed by atoms with E-state index in [0.29, 0.717) is 22.4 Å². The fourth-order valence-electron chi connectivity index (χ4n) is 4.80. The quantitative estimate of drug-likeness (QED) is 0.194. The van der Waals surface area contributed by atoms with Gasteiger partial charge < -0.3 is 26.3 Å². The number of sulfonamides is 1. The van der Waals surface area contributed by atoms with Crippen LogP contribution < -0.4 is 25.8 Å². The number of carbonyl (C=O) groups is 2. The molecule has 4 rings (SSSR count). The molecule has 2 aromatic carbocycles. The Morgan fingerprint density at radius 2 is 1.92 bits per heavy atom. The second kappa shape index (κ2) is 11.9. The summed E-state index contributed by atoms with van der Waals surface area (Å²) in [5, 5.41) is 10.9. The standard InChI is InChI=1S/C27H33N5O6S/c1-2-37-25(33)16-39(35,36)32-20(7-6-17-4-3-5-18(12-17)26(28)29)13-19-14-24(22(27(30)34)15-23(19)32)38-21-8-10-31-11-9-21/h3-7,12,14-15,20-21,31H,2,8-11,13,16H2,1H3,(H3,28,29)(H2,30,34)/b7-6+. The summed E-state index contributed by atoms with van der Waals surface area (Å²) in [5.41, 5.74) is 13.5. The predicted octanol–water partition coefficient (Wildman–Crippen LogP) is 1.54. The zero-order chi connectivity index (χ0) is 28.2. The van der Waals surface area contributed by atoms with Crippen molar-refractivity contribution in [2.24, 2.45) is 11.5 Å². The van der Waals surface area contributed by atoms with E-state index < -0.39 is 33.7 Å². The number of benzene rings is 2. The molecule has 1 fully saturated rings. The first kappa shape index (κ1) is 28.1. The molecule has 1 unspecified atom stereocenters. The fourth-order valence-corrected chi connectivity index (χ4v) is 6.35. The summed E-state index contributed by atoms with van der Waals surface area (Å²) >= 11 is 0. The molecular formula is C27H33N5O6S. The highest BCUT2D eigenvalue weighted by Crippen LogP contribution is 2.40. The Hall–Kier alpha value is -3.90. The van der Waals surface area contributed by atoms with Crippen LogP contribution in [0, 0.1) is 5.41 Å². The first-order valence-corrected chi connectivity index (χ1v) is 14.3. The van der Waals surface area contributed by atoms with Crippen LogP contribution in [0.5, 0.6) is 5.75 Å². The number of hydrogen-bond acceptors (Lipinski definition) is 8. The number of amides is 1. The summed E-state index contributed by atoms with van der Waals surface area (Å²) in [4.78, 5) is 24.6. The van der Waals surface area contributed by atoms with Crippen LogP contribution >= 0.6 is 0 Å². The summed E-state index contributed by atoms with van der Waals surface area (Å²) in [6, 6.07) is 9.38. The zero-order valence-corrected chi connectivity index (χ0v) is 22.5. The third-order valence-corrected chi connectivity index (χ3v) is 8.27. The first-order chi connectivity index (χ1) is 18.6. The van der Waals surface area contributed by atoms with Crippen molar-refractivity contribution in [2.45, 2.75) is 38.3 Å². The van der Waals surface area contributed by atoms with Crippen LogP contribution in [0.25, 0.3) is 6.08 Å². The minimum Gasteiger partial charge on any atom is -0.489 e. The third-order valence-electron chi connectivity index (χ3n) is 6.61. The second-order valence-electron chi connectivity index (χ2n) is 9.44. The van der Waals surface area contributed by atoms with E-state index in [0.717, 1.165) is 30.2 Å². The average Bonchev–Trinajstić information content (AvgIpc) is 3.25. The molecule has 1 atom stereocenters. The third kappa shape index (κ3) is 6.58. The maximum absolute atomic E-state index is 13.5. The van der Waals surface area contributed by atoms with Crippen LogP contribution in [-0.4, -0.2) is 63.7 Å². The maximum Gasteiger partial charge on any atom is 0.323 e. The van der Waals surface area contributed by atoms with Gasteiger partial charge in [-0.2, -0.15) is 0 Å². The lowest BCUT2D eigenvalue weighted by Gasteiger charge is -2.26. The van der Waals surface area contributed by atoms with Crippen LogP contribution in [0.2, 0.25) is 0 Å². The van der Waals surface area contributed by atoms with E-state index in [4.69, 9.17) is 26.4 Å². The number of nitrogens with zero attached hydrogens (tertiary/aromatic N) is 1. The van der Waals surface area contributed by atoms with Gasteiger partial charge in [0.25, 0.3) is 5.91 Å². The van der Waals surface area contributed by atoms with Crippen LogP contribution in [0.15, 0.2) is 42.5 Å². The molecule has 0 aliphatic carbocycles. The summed E-state index contributed by atoms with van der Waals surface area (Å²) in [5.74, 6) is -2.25. The Morgan fingerprint density at radius 1 is 1.18 bits per heavy atom. The molecule has 1 saturated heterocycles.